The summed E-state index contributed by atoms with van der Waals surface area (Å²) in [6.07, 6.45) is 1.37. The third-order valence-electron chi connectivity index (χ3n) is 7.61. The Labute approximate surface area is 274 Å². The van der Waals surface area contributed by atoms with Crippen molar-refractivity contribution in [3.63, 3.8) is 0 Å². The van der Waals surface area contributed by atoms with E-state index in [9.17, 15) is 20.3 Å². The molecule has 0 aliphatic rings. The highest BCUT2D eigenvalue weighted by molar-refractivity contribution is 5.84. The average molecular weight is 633 g/mol. The standard InChI is InChI=1S/C38H52N2O6/c1-24(39-23-25-20-28(40(43)44)16-17-31(25)41)38(42,29-21-26(34(2,3)4)14-18-32(29)45-36(8,9)10)30-22-27(35(5,6)7)15-19-33(30)46-37(11,12)13/h14-24,41-42H,1-13H3. The first kappa shape index (κ1) is 36.6. The summed E-state index contributed by atoms with van der Waals surface area (Å²) in [6.45, 7) is 26.1. The molecular weight excluding hydrogens is 580 g/mol. The molecule has 0 radical (unpaired) electrons. The average Bonchev–Trinajstić information content (AvgIpc) is 2.89. The molecule has 3 rings (SSSR count). The van der Waals surface area contributed by atoms with Crippen molar-refractivity contribution in [1.29, 1.82) is 0 Å². The minimum Gasteiger partial charge on any atom is -0.507 e. The fourth-order valence-electron chi connectivity index (χ4n) is 5.08. The molecule has 0 fully saturated rings. The highest BCUT2D eigenvalue weighted by Gasteiger charge is 2.44. The highest BCUT2D eigenvalue weighted by Crippen LogP contribution is 2.47. The summed E-state index contributed by atoms with van der Waals surface area (Å²) in [7, 11) is 0. The van der Waals surface area contributed by atoms with Gasteiger partial charge in [-0.1, -0.05) is 53.7 Å². The second kappa shape index (κ2) is 12.7. The third-order valence-corrected chi connectivity index (χ3v) is 7.61. The van der Waals surface area contributed by atoms with E-state index in [2.05, 4.69) is 41.5 Å². The summed E-state index contributed by atoms with van der Waals surface area (Å²) in [5.41, 5.74) is -0.538. The van der Waals surface area contributed by atoms with Crippen LogP contribution in [0.5, 0.6) is 17.2 Å². The molecule has 0 amide bonds. The van der Waals surface area contributed by atoms with Crippen LogP contribution in [0.25, 0.3) is 0 Å². The van der Waals surface area contributed by atoms with Gasteiger partial charge in [0.15, 0.2) is 0 Å². The predicted octanol–water partition coefficient (Wildman–Crippen LogP) is 8.99. The maximum Gasteiger partial charge on any atom is 0.270 e. The maximum absolute atomic E-state index is 13.4. The zero-order chi connectivity index (χ0) is 35.0. The van der Waals surface area contributed by atoms with Crippen LogP contribution < -0.4 is 9.47 Å². The number of nitrogens with zero attached hydrogens (tertiary/aromatic N) is 2. The summed E-state index contributed by atoms with van der Waals surface area (Å²) in [5.74, 6) is 0.820. The number of nitro groups is 1. The Morgan fingerprint density at radius 1 is 0.739 bits per heavy atom. The van der Waals surface area contributed by atoms with E-state index in [1.54, 1.807) is 6.92 Å². The number of phenols is 1. The SMILES string of the molecule is CC(N=Cc1cc([N+](=O)[O-])ccc1O)C(O)(c1cc(C(C)(C)C)ccc1OC(C)(C)C)c1cc(C(C)(C)C)ccc1OC(C)(C)C. The molecule has 3 aromatic carbocycles. The van der Waals surface area contributed by atoms with Gasteiger partial charge in [0.2, 0.25) is 0 Å². The Kier molecular flexibility index (Phi) is 10.1. The smallest absolute Gasteiger partial charge is 0.270 e. The molecule has 0 saturated heterocycles. The highest BCUT2D eigenvalue weighted by atomic mass is 16.6. The van der Waals surface area contributed by atoms with Crippen molar-refractivity contribution in [3.05, 3.63) is 92.5 Å². The summed E-state index contributed by atoms with van der Waals surface area (Å²) in [5, 5.41) is 35.4. The quantitative estimate of drug-likeness (QED) is 0.146. The number of aliphatic hydroxyl groups is 1. The molecule has 0 aliphatic carbocycles. The van der Waals surface area contributed by atoms with Crippen LogP contribution in [0, 0.1) is 10.1 Å². The van der Waals surface area contributed by atoms with Gasteiger partial charge in [-0.15, -0.1) is 0 Å². The van der Waals surface area contributed by atoms with Crippen LogP contribution >= 0.6 is 0 Å². The molecule has 2 N–H and O–H groups in total. The number of benzene rings is 3. The molecule has 0 aromatic heterocycles. The molecule has 0 spiro atoms. The number of phenolic OH excluding ortho intramolecular Hbond substituents is 1. The molecule has 8 heteroatoms. The van der Waals surface area contributed by atoms with Gasteiger partial charge in [-0.25, -0.2) is 0 Å². The van der Waals surface area contributed by atoms with Crippen LogP contribution in [0.2, 0.25) is 0 Å². The molecule has 0 heterocycles. The van der Waals surface area contributed by atoms with Crippen molar-refractivity contribution < 1.29 is 24.6 Å². The van der Waals surface area contributed by atoms with Crippen molar-refractivity contribution in [3.8, 4) is 17.2 Å². The van der Waals surface area contributed by atoms with E-state index in [0.29, 0.717) is 22.6 Å². The van der Waals surface area contributed by atoms with Crippen LogP contribution in [-0.2, 0) is 16.4 Å². The third kappa shape index (κ3) is 8.66. The van der Waals surface area contributed by atoms with Crippen LogP contribution in [0.3, 0.4) is 0 Å². The van der Waals surface area contributed by atoms with E-state index in [-0.39, 0.29) is 27.8 Å². The van der Waals surface area contributed by atoms with E-state index in [0.717, 1.165) is 11.1 Å². The number of nitro benzene ring substituents is 1. The van der Waals surface area contributed by atoms with Crippen LogP contribution in [0.4, 0.5) is 5.69 Å². The van der Waals surface area contributed by atoms with Gasteiger partial charge in [0, 0.05) is 35.0 Å². The molecule has 250 valence electrons. The monoisotopic (exact) mass is 632 g/mol. The van der Waals surface area contributed by atoms with Gasteiger partial charge in [-0.05, 0) is 101 Å². The van der Waals surface area contributed by atoms with Gasteiger partial charge in [0.1, 0.15) is 34.1 Å². The molecule has 0 bridgehead atoms. The number of aromatic hydroxyl groups is 1. The lowest BCUT2D eigenvalue weighted by atomic mass is 9.75. The van der Waals surface area contributed by atoms with E-state index >= 15 is 0 Å². The van der Waals surface area contributed by atoms with Crippen molar-refractivity contribution in [1.82, 2.24) is 0 Å². The first-order valence-electron chi connectivity index (χ1n) is 15.7. The van der Waals surface area contributed by atoms with Gasteiger partial charge in [0.05, 0.1) is 11.0 Å². The minimum atomic E-state index is -1.82. The maximum atomic E-state index is 13.4. The largest absolute Gasteiger partial charge is 0.507 e. The lowest BCUT2D eigenvalue weighted by Crippen LogP contribution is -2.41. The van der Waals surface area contributed by atoms with Gasteiger partial charge < -0.3 is 19.7 Å². The Bertz CT molecular complexity index is 1520. The lowest BCUT2D eigenvalue weighted by Gasteiger charge is -2.39. The molecule has 1 unspecified atom stereocenters. The summed E-state index contributed by atoms with van der Waals surface area (Å²) in [6, 6.07) is 14.6. The molecular formula is C38H52N2O6. The zero-order valence-corrected chi connectivity index (χ0v) is 29.8. The fourth-order valence-corrected chi connectivity index (χ4v) is 5.08. The van der Waals surface area contributed by atoms with Gasteiger partial charge in [-0.2, -0.15) is 0 Å². The molecule has 46 heavy (non-hydrogen) atoms. The van der Waals surface area contributed by atoms with Crippen molar-refractivity contribution in [2.45, 2.75) is 124 Å². The van der Waals surface area contributed by atoms with Crippen LogP contribution in [0.1, 0.15) is 118 Å². The normalized spacial score (nSPS) is 14.0. The zero-order valence-electron chi connectivity index (χ0n) is 29.8. The van der Waals surface area contributed by atoms with Gasteiger partial charge in [-0.3, -0.25) is 15.1 Å². The molecule has 0 saturated carbocycles. The van der Waals surface area contributed by atoms with Crippen molar-refractivity contribution in [2.75, 3.05) is 0 Å². The van der Waals surface area contributed by atoms with E-state index in [4.69, 9.17) is 14.5 Å². The second-order valence-electron chi connectivity index (χ2n) is 16.1. The molecule has 3 aromatic rings. The van der Waals surface area contributed by atoms with Crippen LogP contribution in [0.15, 0.2) is 59.6 Å². The number of rotatable bonds is 8. The Morgan fingerprint density at radius 2 is 1.17 bits per heavy atom. The number of ether oxygens (including phenoxy) is 2. The number of aliphatic imine (C=N–C) groups is 1. The topological polar surface area (TPSA) is 114 Å². The lowest BCUT2D eigenvalue weighted by molar-refractivity contribution is -0.384. The predicted molar refractivity (Wildman–Crippen MR) is 186 cm³/mol. The fraction of sp³-hybridized carbons (Fsp3) is 0.500. The van der Waals surface area contributed by atoms with E-state index < -0.39 is 27.8 Å². The summed E-state index contributed by atoms with van der Waals surface area (Å²) >= 11 is 0. The summed E-state index contributed by atoms with van der Waals surface area (Å²) in [4.78, 5) is 15.7. The first-order valence-corrected chi connectivity index (χ1v) is 15.7. The van der Waals surface area contributed by atoms with Crippen molar-refractivity contribution in [2.24, 2.45) is 4.99 Å². The molecule has 0 aliphatic heterocycles. The number of hydrogen-bond donors (Lipinski definition) is 2. The molecule has 8 nitrogen and oxygen atoms in total. The Hall–Kier alpha value is -3.91. The van der Waals surface area contributed by atoms with E-state index in [1.807, 2.05) is 77.9 Å². The van der Waals surface area contributed by atoms with E-state index in [1.165, 1.54) is 24.4 Å². The number of hydrogen-bond acceptors (Lipinski definition) is 7. The minimum absolute atomic E-state index is 0.160. The molecule has 1 atom stereocenters. The van der Waals surface area contributed by atoms with Gasteiger partial charge in [0.25, 0.3) is 5.69 Å². The van der Waals surface area contributed by atoms with Crippen LogP contribution in [-0.4, -0.2) is 38.6 Å². The summed E-state index contributed by atoms with van der Waals surface area (Å²) < 4.78 is 13.0. The number of non-ortho nitro benzene ring substituents is 1. The Balaban J connectivity index is 2.48. The van der Waals surface area contributed by atoms with Crippen molar-refractivity contribution >= 4 is 11.9 Å². The van der Waals surface area contributed by atoms with Gasteiger partial charge >= 0.3 is 0 Å². The first-order chi connectivity index (χ1) is 20.8. The Morgan fingerprint density at radius 3 is 1.54 bits per heavy atom. The second-order valence-corrected chi connectivity index (χ2v) is 16.1.